The van der Waals surface area contributed by atoms with Crippen molar-refractivity contribution in [2.45, 2.75) is 0 Å². The van der Waals surface area contributed by atoms with E-state index in [1.165, 1.54) is 11.3 Å². The van der Waals surface area contributed by atoms with Gasteiger partial charge < -0.3 is 18.6 Å². The minimum absolute atomic E-state index is 0.256. The maximum atomic E-state index is 12.2. The van der Waals surface area contributed by atoms with Gasteiger partial charge in [0.1, 0.15) is 5.58 Å². The summed E-state index contributed by atoms with van der Waals surface area (Å²) < 4.78 is 20.9. The van der Waals surface area contributed by atoms with Crippen LogP contribution in [0.5, 0.6) is 11.5 Å². The smallest absolute Gasteiger partial charge is 0.374 e. The number of para-hydroxylation sites is 1. The highest BCUT2D eigenvalue weighted by molar-refractivity contribution is 7.14. The van der Waals surface area contributed by atoms with Gasteiger partial charge in [-0.1, -0.05) is 12.1 Å². The normalized spacial score (nSPS) is 10.6. The van der Waals surface area contributed by atoms with Gasteiger partial charge in [0.2, 0.25) is 5.76 Å². The fourth-order valence-electron chi connectivity index (χ4n) is 3.02. The van der Waals surface area contributed by atoms with Crippen molar-refractivity contribution in [2.75, 3.05) is 26.1 Å². The number of aromatic nitrogens is 1. The number of methoxy groups -OCH3 is 2. The van der Waals surface area contributed by atoms with Crippen LogP contribution in [0.1, 0.15) is 10.6 Å². The summed E-state index contributed by atoms with van der Waals surface area (Å²) in [6.07, 6.45) is 0. The lowest BCUT2D eigenvalue weighted by molar-refractivity contribution is -0.119. The maximum absolute atomic E-state index is 12.2. The Morgan fingerprint density at radius 3 is 2.64 bits per heavy atom. The van der Waals surface area contributed by atoms with E-state index in [-0.39, 0.29) is 16.8 Å². The zero-order chi connectivity index (χ0) is 23.4. The SMILES string of the molecule is COc1ccc(-c2csc(NC(=O)COC(=O)c3cc(=O)c4ccccc4o3)n2)cc1OC. The number of ether oxygens (including phenoxy) is 3. The topological polar surface area (TPSA) is 117 Å². The number of carbonyl (C=O) groups excluding carboxylic acids is 2. The summed E-state index contributed by atoms with van der Waals surface area (Å²) in [6.45, 7) is -0.569. The number of benzene rings is 2. The first-order valence-electron chi connectivity index (χ1n) is 9.66. The molecule has 0 fully saturated rings. The molecule has 0 saturated heterocycles. The predicted molar refractivity (Wildman–Crippen MR) is 122 cm³/mol. The van der Waals surface area contributed by atoms with Gasteiger partial charge in [0.05, 0.1) is 25.3 Å². The van der Waals surface area contributed by atoms with Crippen molar-refractivity contribution in [2.24, 2.45) is 0 Å². The molecule has 0 aliphatic heterocycles. The number of amides is 1. The van der Waals surface area contributed by atoms with Crippen molar-refractivity contribution < 1.29 is 28.2 Å². The van der Waals surface area contributed by atoms with E-state index in [4.69, 9.17) is 18.6 Å². The van der Waals surface area contributed by atoms with Crippen molar-refractivity contribution in [3.63, 3.8) is 0 Å². The molecule has 0 aliphatic carbocycles. The van der Waals surface area contributed by atoms with Gasteiger partial charge in [0.25, 0.3) is 5.91 Å². The summed E-state index contributed by atoms with van der Waals surface area (Å²) in [5, 5.41) is 5.02. The Hall–Kier alpha value is -4.18. The first-order chi connectivity index (χ1) is 16.0. The van der Waals surface area contributed by atoms with E-state index in [0.29, 0.717) is 27.7 Å². The molecule has 0 bridgehead atoms. The first-order valence-corrected chi connectivity index (χ1v) is 10.5. The van der Waals surface area contributed by atoms with Crippen LogP contribution in [0.4, 0.5) is 5.13 Å². The summed E-state index contributed by atoms with van der Waals surface area (Å²) >= 11 is 1.21. The molecule has 0 radical (unpaired) electrons. The Kier molecular flexibility index (Phi) is 6.36. The zero-order valence-corrected chi connectivity index (χ0v) is 18.4. The van der Waals surface area contributed by atoms with Crippen LogP contribution in [0.2, 0.25) is 0 Å². The quantitative estimate of drug-likeness (QED) is 0.410. The molecule has 0 unspecified atom stereocenters. The second-order valence-corrected chi connectivity index (χ2v) is 7.56. The van der Waals surface area contributed by atoms with Gasteiger partial charge in [-0.3, -0.25) is 14.9 Å². The highest BCUT2D eigenvalue weighted by Crippen LogP contribution is 2.33. The predicted octanol–water partition coefficient (Wildman–Crippen LogP) is 3.73. The number of esters is 1. The Morgan fingerprint density at radius 1 is 1.06 bits per heavy atom. The third-order valence-electron chi connectivity index (χ3n) is 4.60. The van der Waals surface area contributed by atoms with Crippen molar-refractivity contribution in [1.29, 1.82) is 0 Å². The van der Waals surface area contributed by atoms with E-state index >= 15 is 0 Å². The Bertz CT molecular complexity index is 1390. The molecular weight excluding hydrogens is 448 g/mol. The van der Waals surface area contributed by atoms with Gasteiger partial charge in [-0.25, -0.2) is 9.78 Å². The zero-order valence-electron chi connectivity index (χ0n) is 17.6. The molecule has 2 heterocycles. The lowest BCUT2D eigenvalue weighted by atomic mass is 10.1. The average molecular weight is 466 g/mol. The molecule has 2 aromatic carbocycles. The number of carbonyl (C=O) groups is 2. The van der Waals surface area contributed by atoms with Crippen LogP contribution in [-0.2, 0) is 9.53 Å². The Balaban J connectivity index is 1.38. The van der Waals surface area contributed by atoms with E-state index in [1.807, 2.05) is 6.07 Å². The van der Waals surface area contributed by atoms with E-state index < -0.39 is 18.5 Å². The van der Waals surface area contributed by atoms with Crippen LogP contribution in [0.3, 0.4) is 0 Å². The number of fused-ring (bicyclic) bond motifs is 1. The Labute approximate surface area is 191 Å². The number of thiazole rings is 1. The largest absolute Gasteiger partial charge is 0.493 e. The molecule has 10 heteroatoms. The summed E-state index contributed by atoms with van der Waals surface area (Å²) in [7, 11) is 3.09. The van der Waals surface area contributed by atoms with Crippen LogP contribution in [0.25, 0.3) is 22.2 Å². The first kappa shape index (κ1) is 22.0. The number of nitrogens with zero attached hydrogens (tertiary/aromatic N) is 1. The summed E-state index contributed by atoms with van der Waals surface area (Å²) in [5.41, 5.74) is 1.29. The highest BCUT2D eigenvalue weighted by Gasteiger charge is 2.16. The molecule has 9 nitrogen and oxygen atoms in total. The van der Waals surface area contributed by atoms with Gasteiger partial charge >= 0.3 is 5.97 Å². The van der Waals surface area contributed by atoms with Gasteiger partial charge in [0.15, 0.2) is 28.7 Å². The van der Waals surface area contributed by atoms with Crippen LogP contribution in [0.15, 0.2) is 63.1 Å². The van der Waals surface area contributed by atoms with Gasteiger partial charge in [-0.05, 0) is 30.3 Å². The van der Waals surface area contributed by atoms with E-state index in [1.54, 1.807) is 56.0 Å². The molecule has 4 aromatic rings. The van der Waals surface area contributed by atoms with Crippen molar-refractivity contribution in [3.8, 4) is 22.8 Å². The second kappa shape index (κ2) is 9.53. The molecule has 4 rings (SSSR count). The molecule has 0 aliphatic rings. The Morgan fingerprint density at radius 2 is 1.85 bits per heavy atom. The van der Waals surface area contributed by atoms with Gasteiger partial charge in [-0.2, -0.15) is 0 Å². The van der Waals surface area contributed by atoms with Crippen molar-refractivity contribution in [3.05, 3.63) is 69.9 Å². The fraction of sp³-hybridized carbons (Fsp3) is 0.130. The number of rotatable bonds is 7. The van der Waals surface area contributed by atoms with Crippen LogP contribution in [-0.4, -0.2) is 37.7 Å². The molecule has 33 heavy (non-hydrogen) atoms. The minimum atomic E-state index is -0.918. The molecule has 0 spiro atoms. The molecule has 0 atom stereocenters. The summed E-state index contributed by atoms with van der Waals surface area (Å²) in [6, 6.07) is 12.9. The molecule has 168 valence electrons. The lowest BCUT2D eigenvalue weighted by Gasteiger charge is -2.08. The number of hydrogen-bond acceptors (Lipinski definition) is 9. The highest BCUT2D eigenvalue weighted by atomic mass is 32.1. The van der Waals surface area contributed by atoms with Gasteiger partial charge in [-0.15, -0.1) is 11.3 Å². The average Bonchev–Trinajstić information content (AvgIpc) is 3.30. The standard InChI is InChI=1S/C23H18N2O7S/c1-29-18-8-7-13(9-19(18)30-2)15-12-33-23(24-15)25-21(27)11-31-22(28)20-10-16(26)14-5-3-4-6-17(14)32-20/h3-10,12H,11H2,1-2H3,(H,24,25,27). The third kappa shape index (κ3) is 4.85. The van der Waals surface area contributed by atoms with Crippen molar-refractivity contribution >= 4 is 39.3 Å². The second-order valence-electron chi connectivity index (χ2n) is 6.70. The maximum Gasteiger partial charge on any atom is 0.374 e. The number of hydrogen-bond donors (Lipinski definition) is 1. The molecule has 0 saturated carbocycles. The van der Waals surface area contributed by atoms with Gasteiger partial charge in [0, 0.05) is 17.0 Å². The van der Waals surface area contributed by atoms with E-state index in [0.717, 1.165) is 11.6 Å². The number of nitrogens with one attached hydrogen (secondary N) is 1. The summed E-state index contributed by atoms with van der Waals surface area (Å²) in [5.74, 6) is -0.635. The fourth-order valence-corrected chi connectivity index (χ4v) is 3.76. The minimum Gasteiger partial charge on any atom is -0.493 e. The van der Waals surface area contributed by atoms with Crippen LogP contribution >= 0.6 is 11.3 Å². The molecule has 1 amide bonds. The third-order valence-corrected chi connectivity index (χ3v) is 5.36. The molecule has 1 N–H and O–H groups in total. The number of anilines is 1. The van der Waals surface area contributed by atoms with E-state index in [9.17, 15) is 14.4 Å². The summed E-state index contributed by atoms with van der Waals surface area (Å²) in [4.78, 5) is 40.9. The molecule has 2 aromatic heterocycles. The van der Waals surface area contributed by atoms with E-state index in [2.05, 4.69) is 10.3 Å². The molecular formula is C23H18N2O7S. The lowest BCUT2D eigenvalue weighted by Crippen LogP contribution is -2.21. The van der Waals surface area contributed by atoms with Crippen molar-refractivity contribution in [1.82, 2.24) is 4.98 Å². The van der Waals surface area contributed by atoms with Crippen LogP contribution in [0, 0.1) is 0 Å². The van der Waals surface area contributed by atoms with Crippen LogP contribution < -0.4 is 20.2 Å². The monoisotopic (exact) mass is 466 g/mol.